The standard InChI is InChI=1S/C22H34O2.C20H30O2/c1-2-3-4-5-6-7-8-9-10-11-12-13-14-15-16-17-18-19-20-21-22(23)24;1-2-3-4-5-6-7-8-9-10-11-12-13-14-15-16-17-18-19-20(21)22/h3-4,6-7,9-10,12-13,15-16H,2,5,8,11,14,17-21H2,1H3,(H,23,24);10-19H,2-9H2,1H3,(H,21,22)/b4-3-,7-6-,10-9-,13-12-,16-15-;11-10+,13-12+,15-14+,17-16+,19-18+. The van der Waals surface area contributed by atoms with Gasteiger partial charge in [0.2, 0.25) is 0 Å². The van der Waals surface area contributed by atoms with Gasteiger partial charge < -0.3 is 10.2 Å². The highest BCUT2D eigenvalue weighted by atomic mass is 16.4. The van der Waals surface area contributed by atoms with E-state index < -0.39 is 11.9 Å². The first-order valence-corrected chi connectivity index (χ1v) is 17.6. The van der Waals surface area contributed by atoms with Crippen molar-refractivity contribution < 1.29 is 19.8 Å². The lowest BCUT2D eigenvalue weighted by Gasteiger charge is -1.98. The number of allylic oxidation sites excluding steroid dienone is 19. The van der Waals surface area contributed by atoms with E-state index in [0.717, 1.165) is 70.3 Å². The number of hydrogen-bond donors (Lipinski definition) is 2. The molecule has 4 nitrogen and oxygen atoms in total. The molecule has 46 heavy (non-hydrogen) atoms. The predicted molar refractivity (Wildman–Crippen MR) is 201 cm³/mol. The highest BCUT2D eigenvalue weighted by molar-refractivity contribution is 5.80. The minimum Gasteiger partial charge on any atom is -0.481 e. The van der Waals surface area contributed by atoms with E-state index in [9.17, 15) is 9.59 Å². The smallest absolute Gasteiger partial charge is 0.328 e. The van der Waals surface area contributed by atoms with E-state index in [4.69, 9.17) is 10.2 Å². The Morgan fingerprint density at radius 3 is 1.35 bits per heavy atom. The molecule has 256 valence electrons. The van der Waals surface area contributed by atoms with Crippen molar-refractivity contribution in [1.29, 1.82) is 0 Å². The van der Waals surface area contributed by atoms with Crippen LogP contribution in [0.25, 0.3) is 0 Å². The lowest BCUT2D eigenvalue weighted by Crippen LogP contribution is -1.93. The van der Waals surface area contributed by atoms with Gasteiger partial charge in [0.05, 0.1) is 0 Å². The third kappa shape index (κ3) is 47.3. The average molecular weight is 633 g/mol. The molecule has 0 aliphatic heterocycles. The molecule has 0 aromatic heterocycles. The highest BCUT2D eigenvalue weighted by Crippen LogP contribution is 2.08. The summed E-state index contributed by atoms with van der Waals surface area (Å²) in [5.74, 6) is -1.62. The van der Waals surface area contributed by atoms with Gasteiger partial charge in [0.15, 0.2) is 0 Å². The normalized spacial score (nSPS) is 12.7. The molecule has 0 spiro atoms. The Morgan fingerprint density at radius 1 is 0.435 bits per heavy atom. The summed E-state index contributed by atoms with van der Waals surface area (Å²) in [6.07, 6.45) is 60.1. The zero-order valence-corrected chi connectivity index (χ0v) is 29.0. The molecule has 0 aliphatic rings. The second kappa shape index (κ2) is 41.3. The maximum atomic E-state index is 10.3. The van der Waals surface area contributed by atoms with Gasteiger partial charge in [0.1, 0.15) is 0 Å². The van der Waals surface area contributed by atoms with Crippen LogP contribution in [0, 0.1) is 0 Å². The number of hydrogen-bond acceptors (Lipinski definition) is 2. The van der Waals surface area contributed by atoms with Gasteiger partial charge in [-0.1, -0.05) is 174 Å². The van der Waals surface area contributed by atoms with Gasteiger partial charge in [0, 0.05) is 12.5 Å². The summed E-state index contributed by atoms with van der Waals surface area (Å²) >= 11 is 0. The second-order valence-electron chi connectivity index (χ2n) is 10.9. The largest absolute Gasteiger partial charge is 0.481 e. The third-order valence-electron chi connectivity index (χ3n) is 6.55. The van der Waals surface area contributed by atoms with Crippen LogP contribution in [0.2, 0.25) is 0 Å². The molecule has 0 saturated carbocycles. The topological polar surface area (TPSA) is 74.6 Å². The van der Waals surface area contributed by atoms with Crippen molar-refractivity contribution in [3.05, 3.63) is 122 Å². The monoisotopic (exact) mass is 632 g/mol. The Balaban J connectivity index is 0. The van der Waals surface area contributed by atoms with E-state index in [2.05, 4.69) is 86.8 Å². The van der Waals surface area contributed by atoms with Crippen molar-refractivity contribution in [3.8, 4) is 0 Å². The second-order valence-corrected chi connectivity index (χ2v) is 10.9. The fraction of sp³-hybridized carbons (Fsp3) is 0.476. The summed E-state index contributed by atoms with van der Waals surface area (Å²) < 4.78 is 0. The number of rotatable bonds is 28. The third-order valence-corrected chi connectivity index (χ3v) is 6.55. The SMILES string of the molecule is CC/C=C\C/C=C\C/C=C\C/C=C\C/C=C\CCCCCC(=O)O.CCCCCCCCC/C=C/C=C/C=C/C=C/C=C/C(=O)O. The molecule has 2 N–H and O–H groups in total. The van der Waals surface area contributed by atoms with Gasteiger partial charge >= 0.3 is 11.9 Å². The molecule has 0 atom stereocenters. The molecule has 0 unspecified atom stereocenters. The zero-order valence-electron chi connectivity index (χ0n) is 29.0. The summed E-state index contributed by atoms with van der Waals surface area (Å²) in [4.78, 5) is 20.6. The van der Waals surface area contributed by atoms with E-state index in [1.807, 2.05) is 24.3 Å². The first-order chi connectivity index (χ1) is 22.5. The average Bonchev–Trinajstić information content (AvgIpc) is 3.03. The Labute approximate surface area is 282 Å². The van der Waals surface area contributed by atoms with Gasteiger partial charge in [-0.15, -0.1) is 0 Å². The minimum absolute atomic E-state index is 0.297. The zero-order chi connectivity index (χ0) is 34.0. The Morgan fingerprint density at radius 2 is 0.848 bits per heavy atom. The van der Waals surface area contributed by atoms with Crippen molar-refractivity contribution >= 4 is 11.9 Å². The molecule has 0 amide bonds. The highest BCUT2D eigenvalue weighted by Gasteiger charge is 1.94. The molecular weight excluding hydrogens is 568 g/mol. The van der Waals surface area contributed by atoms with Gasteiger partial charge in [-0.2, -0.15) is 0 Å². The summed E-state index contributed by atoms with van der Waals surface area (Å²) in [5.41, 5.74) is 0. The fourth-order valence-corrected chi connectivity index (χ4v) is 4.00. The minimum atomic E-state index is -0.931. The molecule has 0 aromatic rings. The maximum Gasteiger partial charge on any atom is 0.328 e. The van der Waals surface area contributed by atoms with E-state index >= 15 is 0 Å². The number of carboxylic acid groups (broad SMARTS) is 2. The van der Waals surface area contributed by atoms with Gasteiger partial charge in [0.25, 0.3) is 0 Å². The van der Waals surface area contributed by atoms with Crippen molar-refractivity contribution in [2.24, 2.45) is 0 Å². The number of carbonyl (C=O) groups is 2. The van der Waals surface area contributed by atoms with Gasteiger partial charge in [-0.25, -0.2) is 4.79 Å². The van der Waals surface area contributed by atoms with Crippen molar-refractivity contribution in [2.45, 2.75) is 129 Å². The molecule has 0 aliphatic carbocycles. The Kier molecular flexibility index (Phi) is 40.0. The lowest BCUT2D eigenvalue weighted by atomic mass is 10.1. The molecule has 0 heterocycles. The molecule has 4 heteroatoms. The van der Waals surface area contributed by atoms with E-state index in [-0.39, 0.29) is 0 Å². The molecule has 0 rings (SSSR count). The summed E-state index contributed by atoms with van der Waals surface area (Å²) in [6, 6.07) is 0. The molecular formula is C42H64O4. The van der Waals surface area contributed by atoms with Crippen LogP contribution in [0.1, 0.15) is 129 Å². The molecule has 0 radical (unpaired) electrons. The molecule has 0 aromatic carbocycles. The summed E-state index contributed by atoms with van der Waals surface area (Å²) in [5, 5.41) is 16.9. The quantitative estimate of drug-likeness (QED) is 0.0389. The van der Waals surface area contributed by atoms with Crippen molar-refractivity contribution in [1.82, 2.24) is 0 Å². The maximum absolute atomic E-state index is 10.3. The van der Waals surface area contributed by atoms with E-state index in [1.54, 1.807) is 12.2 Å². The van der Waals surface area contributed by atoms with Crippen LogP contribution in [0.5, 0.6) is 0 Å². The van der Waals surface area contributed by atoms with Crippen LogP contribution in [-0.2, 0) is 9.59 Å². The Hall–Kier alpha value is -3.66. The summed E-state index contributed by atoms with van der Waals surface area (Å²) in [6.45, 7) is 4.40. The van der Waals surface area contributed by atoms with Crippen LogP contribution >= 0.6 is 0 Å². The number of unbranched alkanes of at least 4 members (excludes halogenated alkanes) is 10. The predicted octanol–water partition coefficient (Wildman–Crippen LogP) is 12.8. The van der Waals surface area contributed by atoms with Gasteiger partial charge in [-0.05, 0) is 64.2 Å². The van der Waals surface area contributed by atoms with Crippen LogP contribution in [0.4, 0.5) is 0 Å². The van der Waals surface area contributed by atoms with Crippen molar-refractivity contribution in [3.63, 3.8) is 0 Å². The lowest BCUT2D eigenvalue weighted by molar-refractivity contribution is -0.137. The first kappa shape index (κ1) is 44.5. The number of carboxylic acids is 2. The summed E-state index contributed by atoms with van der Waals surface area (Å²) in [7, 11) is 0. The Bertz CT molecular complexity index is 983. The molecule has 0 saturated heterocycles. The number of aliphatic carboxylic acids is 2. The van der Waals surface area contributed by atoms with Crippen LogP contribution in [0.3, 0.4) is 0 Å². The van der Waals surface area contributed by atoms with Crippen LogP contribution < -0.4 is 0 Å². The molecule has 0 bridgehead atoms. The van der Waals surface area contributed by atoms with Crippen LogP contribution in [-0.4, -0.2) is 22.2 Å². The first-order valence-electron chi connectivity index (χ1n) is 17.6. The van der Waals surface area contributed by atoms with Crippen LogP contribution in [0.15, 0.2) is 122 Å². The van der Waals surface area contributed by atoms with Gasteiger partial charge in [-0.3, -0.25) is 4.79 Å². The molecule has 0 fully saturated rings. The fourth-order valence-electron chi connectivity index (χ4n) is 4.00. The van der Waals surface area contributed by atoms with E-state index in [1.165, 1.54) is 51.0 Å². The van der Waals surface area contributed by atoms with Crippen molar-refractivity contribution in [2.75, 3.05) is 0 Å². The van der Waals surface area contributed by atoms with E-state index in [0.29, 0.717) is 6.42 Å².